The molecule has 0 aliphatic rings. The first-order valence-corrected chi connectivity index (χ1v) is 17.8. The maximum absolute atomic E-state index is 2.31. The lowest BCUT2D eigenvalue weighted by molar-refractivity contribution is 0.548. The highest BCUT2D eigenvalue weighted by Gasteiger charge is 1.96. The molecule has 0 saturated heterocycles. The van der Waals surface area contributed by atoms with E-state index in [-0.39, 0.29) is 0 Å². The Labute approximate surface area is 196 Å². The van der Waals surface area contributed by atoms with Crippen molar-refractivity contribution in [3.8, 4) is 0 Å². The molecule has 182 valence electrons. The van der Waals surface area contributed by atoms with E-state index in [4.69, 9.17) is 0 Å². The van der Waals surface area contributed by atoms with Crippen molar-refractivity contribution in [3.05, 3.63) is 0 Å². The minimum Gasteiger partial charge on any atom is -0.0992 e. The Bertz CT molecular complexity index is 252. The lowest BCUT2D eigenvalue weighted by Crippen LogP contribution is -1.84. The molecule has 2 heteroatoms. The number of unbranched alkanes of at least 4 members (excludes halogenated alkanes) is 22. The minimum atomic E-state index is 1.28. The highest BCUT2D eigenvalue weighted by atomic mass is 32.0. The maximum Gasteiger partial charge on any atom is -0.0317 e. The van der Waals surface area contributed by atoms with E-state index in [1.165, 1.54) is 183 Å². The van der Waals surface area contributed by atoms with Crippen molar-refractivity contribution >= 4 is 16.5 Å². The van der Waals surface area contributed by atoms with Crippen LogP contribution in [0.4, 0.5) is 0 Å². The van der Waals surface area contributed by atoms with Crippen molar-refractivity contribution in [1.29, 1.82) is 0 Å². The van der Waals surface area contributed by atoms with Gasteiger partial charge < -0.3 is 0 Å². The van der Waals surface area contributed by atoms with E-state index in [1.54, 1.807) is 0 Å². The van der Waals surface area contributed by atoms with E-state index < -0.39 is 0 Å². The molecular formula is C28H60P2. The third-order valence-corrected chi connectivity index (χ3v) is 10.1. The molecule has 0 amide bonds. The van der Waals surface area contributed by atoms with Crippen LogP contribution in [0.25, 0.3) is 0 Å². The summed E-state index contributed by atoms with van der Waals surface area (Å²) in [6.45, 7) is 4.61. The van der Waals surface area contributed by atoms with Gasteiger partial charge in [-0.1, -0.05) is 172 Å². The summed E-state index contributed by atoms with van der Waals surface area (Å²) in [5.41, 5.74) is 0. The Hall–Kier alpha value is 0.860. The largest absolute Gasteiger partial charge is 0.0992 e. The monoisotopic (exact) mass is 458 g/mol. The SMILES string of the molecule is CCCCCCCCCCCCCCPPCCCCCCCCCCCCCC. The summed E-state index contributed by atoms with van der Waals surface area (Å²) in [6.07, 6.45) is 38.6. The molecule has 0 nitrogen and oxygen atoms in total. The van der Waals surface area contributed by atoms with Crippen molar-refractivity contribution < 1.29 is 0 Å². The van der Waals surface area contributed by atoms with Gasteiger partial charge in [-0.25, -0.2) is 0 Å². The smallest absolute Gasteiger partial charge is 0.0317 e. The van der Waals surface area contributed by atoms with Gasteiger partial charge in [-0.3, -0.25) is 0 Å². The Morgan fingerprint density at radius 3 is 0.700 bits per heavy atom. The van der Waals surface area contributed by atoms with Gasteiger partial charge in [-0.05, 0) is 25.2 Å². The molecule has 0 saturated carbocycles. The molecule has 0 aliphatic carbocycles. The van der Waals surface area contributed by atoms with E-state index >= 15 is 0 Å². The number of rotatable bonds is 27. The average molecular weight is 459 g/mol. The normalized spacial score (nSPS) is 12.2. The molecule has 30 heavy (non-hydrogen) atoms. The molecular weight excluding hydrogens is 398 g/mol. The Morgan fingerprint density at radius 1 is 0.267 bits per heavy atom. The second-order valence-corrected chi connectivity index (χ2v) is 13.5. The standard InChI is InChI=1S/C28H60P2/c1-3-5-7-9-11-13-15-17-19-21-23-25-27-29-30-28-26-24-22-20-18-16-14-12-10-8-6-4-2/h29-30H,3-28H2,1-2H3. The molecule has 0 fully saturated rings. The first-order valence-electron chi connectivity index (χ1n) is 14.4. The fourth-order valence-corrected chi connectivity index (χ4v) is 7.61. The Balaban J connectivity index is 2.97. The molecule has 0 aromatic carbocycles. The van der Waals surface area contributed by atoms with E-state index in [0.717, 1.165) is 0 Å². The summed E-state index contributed by atoms with van der Waals surface area (Å²) < 4.78 is 0. The second-order valence-electron chi connectivity index (χ2n) is 9.63. The molecule has 0 N–H and O–H groups in total. The van der Waals surface area contributed by atoms with Crippen LogP contribution in [0.3, 0.4) is 0 Å². The molecule has 0 spiro atoms. The van der Waals surface area contributed by atoms with Crippen LogP contribution in [0.1, 0.15) is 168 Å². The zero-order valence-electron chi connectivity index (χ0n) is 21.4. The lowest BCUT2D eigenvalue weighted by Gasteiger charge is -2.05. The van der Waals surface area contributed by atoms with Crippen LogP contribution < -0.4 is 0 Å². The molecule has 0 aromatic rings. The summed E-state index contributed by atoms with van der Waals surface area (Å²) in [7, 11) is 2.57. The van der Waals surface area contributed by atoms with Crippen molar-refractivity contribution in [2.75, 3.05) is 12.3 Å². The van der Waals surface area contributed by atoms with Gasteiger partial charge in [0.05, 0.1) is 0 Å². The quantitative estimate of drug-likeness (QED) is 0.0848. The van der Waals surface area contributed by atoms with Gasteiger partial charge in [0.25, 0.3) is 0 Å². The van der Waals surface area contributed by atoms with Crippen LogP contribution in [0, 0.1) is 0 Å². The van der Waals surface area contributed by atoms with Crippen molar-refractivity contribution in [2.24, 2.45) is 0 Å². The zero-order valence-corrected chi connectivity index (χ0v) is 23.4. The lowest BCUT2D eigenvalue weighted by atomic mass is 10.1. The van der Waals surface area contributed by atoms with Crippen LogP contribution in [0.2, 0.25) is 0 Å². The summed E-state index contributed by atoms with van der Waals surface area (Å²) in [6, 6.07) is 0. The molecule has 0 radical (unpaired) electrons. The third-order valence-electron chi connectivity index (χ3n) is 6.44. The first kappa shape index (κ1) is 30.9. The highest BCUT2D eigenvalue weighted by Crippen LogP contribution is 2.38. The van der Waals surface area contributed by atoms with Crippen LogP contribution in [-0.4, -0.2) is 12.3 Å². The van der Waals surface area contributed by atoms with Crippen LogP contribution in [-0.2, 0) is 0 Å². The minimum absolute atomic E-state index is 1.28. The van der Waals surface area contributed by atoms with Crippen molar-refractivity contribution in [1.82, 2.24) is 0 Å². The molecule has 2 unspecified atom stereocenters. The predicted molar refractivity (Wildman–Crippen MR) is 149 cm³/mol. The summed E-state index contributed by atoms with van der Waals surface area (Å²) in [5.74, 6) is 0. The molecule has 0 rings (SSSR count). The van der Waals surface area contributed by atoms with Crippen molar-refractivity contribution in [2.45, 2.75) is 168 Å². The fraction of sp³-hybridized carbons (Fsp3) is 1.00. The second kappa shape index (κ2) is 29.9. The number of hydrogen-bond acceptors (Lipinski definition) is 0. The Kier molecular flexibility index (Phi) is 30.7. The first-order chi connectivity index (χ1) is 14.9. The third kappa shape index (κ3) is 28.9. The van der Waals surface area contributed by atoms with Gasteiger partial charge >= 0.3 is 0 Å². The van der Waals surface area contributed by atoms with Gasteiger partial charge in [0.1, 0.15) is 0 Å². The summed E-state index contributed by atoms with van der Waals surface area (Å²) in [4.78, 5) is 0. The molecule has 0 bridgehead atoms. The fourth-order valence-electron chi connectivity index (χ4n) is 4.29. The molecule has 2 atom stereocenters. The van der Waals surface area contributed by atoms with Gasteiger partial charge in [-0.2, -0.15) is 0 Å². The van der Waals surface area contributed by atoms with Crippen LogP contribution in [0.5, 0.6) is 0 Å². The summed E-state index contributed by atoms with van der Waals surface area (Å²) in [5, 5.41) is 0. The van der Waals surface area contributed by atoms with E-state index in [9.17, 15) is 0 Å². The predicted octanol–water partition coefficient (Wildman–Crippen LogP) is 11.7. The van der Waals surface area contributed by atoms with Gasteiger partial charge in [0, 0.05) is 0 Å². The van der Waals surface area contributed by atoms with Crippen molar-refractivity contribution in [3.63, 3.8) is 0 Å². The molecule has 0 aliphatic heterocycles. The highest BCUT2D eigenvalue weighted by molar-refractivity contribution is 8.11. The molecule has 0 aromatic heterocycles. The maximum atomic E-state index is 2.31. The van der Waals surface area contributed by atoms with Gasteiger partial charge in [0.2, 0.25) is 0 Å². The van der Waals surface area contributed by atoms with Crippen LogP contribution in [0.15, 0.2) is 0 Å². The van der Waals surface area contributed by atoms with Gasteiger partial charge in [-0.15, -0.1) is 0 Å². The van der Waals surface area contributed by atoms with E-state index in [1.807, 2.05) is 0 Å². The zero-order chi connectivity index (χ0) is 21.8. The van der Waals surface area contributed by atoms with E-state index in [0.29, 0.717) is 0 Å². The van der Waals surface area contributed by atoms with Gasteiger partial charge in [0.15, 0.2) is 0 Å². The van der Waals surface area contributed by atoms with E-state index in [2.05, 4.69) is 13.8 Å². The summed E-state index contributed by atoms with van der Waals surface area (Å²) >= 11 is 0. The number of hydrogen-bond donors (Lipinski definition) is 0. The van der Waals surface area contributed by atoms with Crippen LogP contribution >= 0.6 is 16.5 Å². The Morgan fingerprint density at radius 2 is 0.467 bits per heavy atom. The topological polar surface area (TPSA) is 0 Å². The molecule has 0 heterocycles. The average Bonchev–Trinajstić information content (AvgIpc) is 2.76.